The Labute approximate surface area is 70.4 Å². The lowest BCUT2D eigenvalue weighted by atomic mass is 10.3. The van der Waals surface area contributed by atoms with Crippen LogP contribution in [0.5, 0.6) is 5.75 Å². The average molecular weight is 158 g/mol. The molecule has 0 saturated heterocycles. The first kappa shape index (κ1) is 8.10. The van der Waals surface area contributed by atoms with Crippen LogP contribution < -0.4 is 4.74 Å². The topological polar surface area (TPSA) is 56.8 Å². The second kappa shape index (κ2) is 4.00. The van der Waals surface area contributed by atoms with Crippen LogP contribution in [0.3, 0.4) is 0 Å². The molecule has 0 heterocycles. The number of nitrogens with zero attached hydrogens (tertiary/aromatic N) is 2. The van der Waals surface area contributed by atoms with Crippen LogP contribution in [0.15, 0.2) is 30.3 Å². The molecule has 3 heteroatoms. The molecule has 0 radical (unpaired) electrons. The van der Waals surface area contributed by atoms with Gasteiger partial charge in [-0.15, -0.1) is 0 Å². The van der Waals surface area contributed by atoms with Crippen LogP contribution in [0.1, 0.15) is 0 Å². The molecule has 3 nitrogen and oxygen atoms in total. The van der Waals surface area contributed by atoms with Gasteiger partial charge in [-0.2, -0.15) is 10.5 Å². The zero-order valence-electron chi connectivity index (χ0n) is 6.27. The maximum Gasteiger partial charge on any atom is 0.269 e. The molecule has 0 aliphatic heterocycles. The minimum absolute atomic E-state index is 0.533. The predicted octanol–water partition coefficient (Wildman–Crippen LogP) is 1.48. The highest BCUT2D eigenvalue weighted by molar-refractivity contribution is 5.23. The minimum atomic E-state index is -1.02. The van der Waals surface area contributed by atoms with Crippen molar-refractivity contribution in [2.24, 2.45) is 0 Å². The van der Waals surface area contributed by atoms with Gasteiger partial charge in [0.25, 0.3) is 6.10 Å². The first-order chi connectivity index (χ1) is 5.86. The van der Waals surface area contributed by atoms with E-state index in [1.54, 1.807) is 36.4 Å². The molecule has 58 valence electrons. The van der Waals surface area contributed by atoms with Crippen molar-refractivity contribution in [3.8, 4) is 17.9 Å². The van der Waals surface area contributed by atoms with E-state index in [1.165, 1.54) is 0 Å². The molecule has 0 aliphatic rings. The summed E-state index contributed by atoms with van der Waals surface area (Å²) in [4.78, 5) is 0. The van der Waals surface area contributed by atoms with Gasteiger partial charge in [0.2, 0.25) is 0 Å². The lowest BCUT2D eigenvalue weighted by Crippen LogP contribution is -2.10. The van der Waals surface area contributed by atoms with Gasteiger partial charge in [0.05, 0.1) is 0 Å². The summed E-state index contributed by atoms with van der Waals surface area (Å²) < 4.78 is 4.99. The Morgan fingerprint density at radius 1 is 1.08 bits per heavy atom. The van der Waals surface area contributed by atoms with Crippen molar-refractivity contribution in [2.45, 2.75) is 6.10 Å². The maximum absolute atomic E-state index is 8.39. The largest absolute Gasteiger partial charge is 0.462 e. The van der Waals surface area contributed by atoms with Crippen molar-refractivity contribution in [1.82, 2.24) is 0 Å². The zero-order valence-corrected chi connectivity index (χ0v) is 6.27. The van der Waals surface area contributed by atoms with E-state index in [4.69, 9.17) is 15.3 Å². The zero-order chi connectivity index (χ0) is 8.81. The summed E-state index contributed by atoms with van der Waals surface area (Å²) in [7, 11) is 0. The Bertz CT molecular complexity index is 307. The van der Waals surface area contributed by atoms with Crippen LogP contribution in [-0.2, 0) is 0 Å². The van der Waals surface area contributed by atoms with E-state index in [0.29, 0.717) is 5.75 Å². The van der Waals surface area contributed by atoms with Crippen molar-refractivity contribution >= 4 is 0 Å². The van der Waals surface area contributed by atoms with Gasteiger partial charge < -0.3 is 4.74 Å². The molecule has 0 spiro atoms. The molecule has 1 rings (SSSR count). The molecule has 0 aromatic heterocycles. The molecular weight excluding hydrogens is 152 g/mol. The average Bonchev–Trinajstić information content (AvgIpc) is 2.16. The van der Waals surface area contributed by atoms with Crippen molar-refractivity contribution in [2.75, 3.05) is 0 Å². The van der Waals surface area contributed by atoms with Crippen LogP contribution in [0.25, 0.3) is 0 Å². The summed E-state index contributed by atoms with van der Waals surface area (Å²) in [6.07, 6.45) is -1.02. The SMILES string of the molecule is N#CC(C#N)Oc1ccccc1. The molecular formula is C9H6N2O. The van der Waals surface area contributed by atoms with E-state index in [9.17, 15) is 0 Å². The fourth-order valence-electron chi connectivity index (χ4n) is 0.717. The Hall–Kier alpha value is -2.00. The van der Waals surface area contributed by atoms with Crippen LogP contribution in [0.4, 0.5) is 0 Å². The second-order valence-electron chi connectivity index (χ2n) is 2.07. The van der Waals surface area contributed by atoms with Crippen LogP contribution in [0, 0.1) is 22.7 Å². The van der Waals surface area contributed by atoms with Gasteiger partial charge >= 0.3 is 0 Å². The monoisotopic (exact) mass is 158 g/mol. The number of ether oxygens (including phenoxy) is 1. The summed E-state index contributed by atoms with van der Waals surface area (Å²) in [5, 5.41) is 16.8. The molecule has 0 saturated carbocycles. The highest BCUT2D eigenvalue weighted by Crippen LogP contribution is 2.09. The first-order valence-electron chi connectivity index (χ1n) is 3.38. The summed E-state index contributed by atoms with van der Waals surface area (Å²) in [5.74, 6) is 0.533. The van der Waals surface area contributed by atoms with Gasteiger partial charge in [0.15, 0.2) is 0 Å². The molecule has 0 bridgehead atoms. The number of benzene rings is 1. The fraction of sp³-hybridized carbons (Fsp3) is 0.111. The summed E-state index contributed by atoms with van der Waals surface area (Å²) >= 11 is 0. The molecule has 12 heavy (non-hydrogen) atoms. The molecule has 0 fully saturated rings. The van der Waals surface area contributed by atoms with E-state index in [0.717, 1.165) is 0 Å². The van der Waals surface area contributed by atoms with Crippen LogP contribution in [0.2, 0.25) is 0 Å². The van der Waals surface area contributed by atoms with Gasteiger partial charge in [-0.25, -0.2) is 0 Å². The molecule has 0 N–H and O–H groups in total. The number of nitriles is 2. The number of hydrogen-bond acceptors (Lipinski definition) is 3. The normalized spacial score (nSPS) is 8.58. The Kier molecular flexibility index (Phi) is 2.70. The summed E-state index contributed by atoms with van der Waals surface area (Å²) in [6, 6.07) is 12.2. The highest BCUT2D eigenvalue weighted by Gasteiger charge is 2.04. The van der Waals surface area contributed by atoms with Crippen molar-refractivity contribution in [3.05, 3.63) is 30.3 Å². The number of hydrogen-bond donors (Lipinski definition) is 0. The quantitative estimate of drug-likeness (QED) is 0.655. The van der Waals surface area contributed by atoms with E-state index in [1.807, 2.05) is 6.07 Å². The molecule has 0 atom stereocenters. The fourth-order valence-corrected chi connectivity index (χ4v) is 0.717. The summed E-state index contributed by atoms with van der Waals surface area (Å²) in [5.41, 5.74) is 0. The third-order valence-electron chi connectivity index (χ3n) is 1.23. The third-order valence-corrected chi connectivity index (χ3v) is 1.23. The van der Waals surface area contributed by atoms with Gasteiger partial charge in [0.1, 0.15) is 17.9 Å². The van der Waals surface area contributed by atoms with Crippen LogP contribution >= 0.6 is 0 Å². The molecule has 1 aromatic carbocycles. The van der Waals surface area contributed by atoms with Gasteiger partial charge in [-0.05, 0) is 12.1 Å². The van der Waals surface area contributed by atoms with Crippen molar-refractivity contribution in [1.29, 1.82) is 10.5 Å². The Morgan fingerprint density at radius 2 is 1.67 bits per heavy atom. The van der Waals surface area contributed by atoms with E-state index in [2.05, 4.69) is 0 Å². The van der Waals surface area contributed by atoms with Gasteiger partial charge in [-0.3, -0.25) is 0 Å². The van der Waals surface area contributed by atoms with Gasteiger partial charge in [0, 0.05) is 0 Å². The minimum Gasteiger partial charge on any atom is -0.462 e. The van der Waals surface area contributed by atoms with Crippen molar-refractivity contribution < 1.29 is 4.74 Å². The summed E-state index contributed by atoms with van der Waals surface area (Å²) in [6.45, 7) is 0. The third kappa shape index (κ3) is 2.00. The molecule has 1 aromatic rings. The smallest absolute Gasteiger partial charge is 0.269 e. The van der Waals surface area contributed by atoms with E-state index < -0.39 is 6.10 Å². The number of rotatable bonds is 2. The number of para-hydroxylation sites is 1. The molecule has 0 unspecified atom stereocenters. The Morgan fingerprint density at radius 3 is 2.17 bits per heavy atom. The van der Waals surface area contributed by atoms with E-state index >= 15 is 0 Å². The molecule has 0 aliphatic carbocycles. The maximum atomic E-state index is 8.39. The Balaban J connectivity index is 2.66. The predicted molar refractivity (Wildman–Crippen MR) is 42.1 cm³/mol. The lowest BCUT2D eigenvalue weighted by Gasteiger charge is -2.03. The van der Waals surface area contributed by atoms with E-state index in [-0.39, 0.29) is 0 Å². The lowest BCUT2D eigenvalue weighted by molar-refractivity contribution is 0.309. The first-order valence-corrected chi connectivity index (χ1v) is 3.38. The second-order valence-corrected chi connectivity index (χ2v) is 2.07. The van der Waals surface area contributed by atoms with Gasteiger partial charge in [-0.1, -0.05) is 18.2 Å². The standard InChI is InChI=1S/C9H6N2O/c10-6-9(7-11)12-8-4-2-1-3-5-8/h1-5,9H. The molecule has 0 amide bonds. The van der Waals surface area contributed by atoms with Crippen molar-refractivity contribution in [3.63, 3.8) is 0 Å². The van der Waals surface area contributed by atoms with Crippen LogP contribution in [-0.4, -0.2) is 6.10 Å². The highest BCUT2D eigenvalue weighted by atomic mass is 16.5.